The molecule has 0 atom stereocenters. The third-order valence-electron chi connectivity index (χ3n) is 4.18. The maximum absolute atomic E-state index is 12.3. The van der Waals surface area contributed by atoms with Crippen LogP contribution in [-0.2, 0) is 11.3 Å². The summed E-state index contributed by atoms with van der Waals surface area (Å²) < 4.78 is 0. The van der Waals surface area contributed by atoms with Crippen LogP contribution in [0.3, 0.4) is 0 Å². The minimum Gasteiger partial charge on any atom is -0.352 e. The largest absolute Gasteiger partial charge is 0.352 e. The van der Waals surface area contributed by atoms with Crippen molar-refractivity contribution in [2.75, 3.05) is 11.9 Å². The van der Waals surface area contributed by atoms with Crippen LogP contribution >= 0.6 is 0 Å². The van der Waals surface area contributed by atoms with E-state index in [4.69, 9.17) is 0 Å². The van der Waals surface area contributed by atoms with Crippen molar-refractivity contribution in [2.45, 2.75) is 13.0 Å². The zero-order valence-corrected chi connectivity index (χ0v) is 16.2. The van der Waals surface area contributed by atoms with Gasteiger partial charge in [-0.05, 0) is 48.0 Å². The van der Waals surface area contributed by atoms with E-state index in [0.717, 1.165) is 5.56 Å². The normalized spacial score (nSPS) is 10.1. The van der Waals surface area contributed by atoms with Gasteiger partial charge in [0.25, 0.3) is 11.8 Å². The zero-order valence-electron chi connectivity index (χ0n) is 16.2. The van der Waals surface area contributed by atoms with Gasteiger partial charge in [-0.3, -0.25) is 24.4 Å². The molecule has 3 N–H and O–H groups in total. The summed E-state index contributed by atoms with van der Waals surface area (Å²) >= 11 is 0. The Balaban J connectivity index is 1.45. The smallest absolute Gasteiger partial charge is 0.257 e. The molecule has 8 heteroatoms. The minimum absolute atomic E-state index is 0.161. The molecule has 3 rings (SSSR count). The van der Waals surface area contributed by atoms with Crippen molar-refractivity contribution in [2.24, 2.45) is 0 Å². The molecule has 0 aliphatic heterocycles. The molecule has 152 valence electrons. The van der Waals surface area contributed by atoms with Crippen LogP contribution in [0.1, 0.15) is 32.7 Å². The van der Waals surface area contributed by atoms with Gasteiger partial charge in [0, 0.05) is 55.5 Å². The Morgan fingerprint density at radius 3 is 2.37 bits per heavy atom. The summed E-state index contributed by atoms with van der Waals surface area (Å²) in [5.74, 6) is -0.800. The minimum atomic E-state index is -0.325. The van der Waals surface area contributed by atoms with Crippen LogP contribution in [0.4, 0.5) is 5.69 Å². The average molecular weight is 403 g/mol. The van der Waals surface area contributed by atoms with Crippen molar-refractivity contribution < 1.29 is 14.4 Å². The first-order chi connectivity index (χ1) is 14.6. The van der Waals surface area contributed by atoms with Gasteiger partial charge in [-0.15, -0.1) is 0 Å². The van der Waals surface area contributed by atoms with Gasteiger partial charge in [0.05, 0.1) is 5.56 Å². The van der Waals surface area contributed by atoms with E-state index in [-0.39, 0.29) is 30.7 Å². The highest BCUT2D eigenvalue weighted by Gasteiger charge is 2.10. The molecule has 3 aromatic rings. The Morgan fingerprint density at radius 2 is 1.60 bits per heavy atom. The van der Waals surface area contributed by atoms with E-state index in [9.17, 15) is 14.4 Å². The molecule has 3 amide bonds. The second kappa shape index (κ2) is 10.5. The number of nitrogens with one attached hydrogen (secondary N) is 3. The third kappa shape index (κ3) is 6.23. The van der Waals surface area contributed by atoms with Crippen molar-refractivity contribution in [3.8, 4) is 0 Å². The predicted molar refractivity (Wildman–Crippen MR) is 112 cm³/mol. The van der Waals surface area contributed by atoms with E-state index in [1.165, 1.54) is 6.20 Å². The number of anilines is 1. The molecule has 0 saturated heterocycles. The van der Waals surface area contributed by atoms with E-state index >= 15 is 0 Å². The van der Waals surface area contributed by atoms with Crippen molar-refractivity contribution in [1.82, 2.24) is 20.6 Å². The van der Waals surface area contributed by atoms with Crippen molar-refractivity contribution in [3.05, 3.63) is 90.0 Å². The molecule has 2 heterocycles. The first-order valence-corrected chi connectivity index (χ1v) is 9.37. The van der Waals surface area contributed by atoms with Gasteiger partial charge < -0.3 is 16.0 Å². The van der Waals surface area contributed by atoms with Crippen LogP contribution in [0.2, 0.25) is 0 Å². The monoisotopic (exact) mass is 403 g/mol. The lowest BCUT2D eigenvalue weighted by Crippen LogP contribution is -2.30. The molecule has 0 aliphatic rings. The summed E-state index contributed by atoms with van der Waals surface area (Å²) in [7, 11) is 0. The Bertz CT molecular complexity index is 1010. The molecular formula is C22H21N5O3. The molecule has 8 nitrogen and oxygen atoms in total. The molecule has 1 aromatic carbocycles. The molecule has 0 unspecified atom stereocenters. The van der Waals surface area contributed by atoms with Gasteiger partial charge in [0.1, 0.15) is 0 Å². The highest BCUT2D eigenvalue weighted by molar-refractivity contribution is 6.04. The highest BCUT2D eigenvalue weighted by atomic mass is 16.2. The predicted octanol–water partition coefficient (Wildman–Crippen LogP) is 2.17. The van der Waals surface area contributed by atoms with E-state index in [1.807, 2.05) is 12.1 Å². The van der Waals surface area contributed by atoms with Crippen LogP contribution in [0.5, 0.6) is 0 Å². The van der Waals surface area contributed by atoms with Crippen LogP contribution in [-0.4, -0.2) is 34.2 Å². The van der Waals surface area contributed by atoms with Crippen molar-refractivity contribution in [3.63, 3.8) is 0 Å². The number of carbonyl (C=O) groups excluding carboxylic acids is 3. The van der Waals surface area contributed by atoms with Crippen molar-refractivity contribution >= 4 is 23.4 Å². The number of nitrogens with zero attached hydrogens (tertiary/aromatic N) is 2. The fourth-order valence-corrected chi connectivity index (χ4v) is 2.62. The molecule has 0 bridgehead atoms. The summed E-state index contributed by atoms with van der Waals surface area (Å²) in [5, 5.41) is 8.23. The number of pyridine rings is 2. The lowest BCUT2D eigenvalue weighted by molar-refractivity contribution is -0.121. The number of rotatable bonds is 8. The number of amides is 3. The van der Waals surface area contributed by atoms with E-state index in [2.05, 4.69) is 25.9 Å². The summed E-state index contributed by atoms with van der Waals surface area (Å²) in [6.45, 7) is 0.612. The second-order valence-corrected chi connectivity index (χ2v) is 6.41. The van der Waals surface area contributed by atoms with Crippen LogP contribution in [0.25, 0.3) is 0 Å². The lowest BCUT2D eigenvalue weighted by Gasteiger charge is -2.09. The fourth-order valence-electron chi connectivity index (χ4n) is 2.62. The van der Waals surface area contributed by atoms with Gasteiger partial charge in [0.2, 0.25) is 5.91 Å². The van der Waals surface area contributed by atoms with Crippen LogP contribution in [0.15, 0.2) is 73.3 Å². The maximum Gasteiger partial charge on any atom is 0.257 e. The number of benzene rings is 1. The quantitative estimate of drug-likeness (QED) is 0.533. The van der Waals surface area contributed by atoms with Gasteiger partial charge in [-0.2, -0.15) is 0 Å². The SMILES string of the molecule is O=C(CCNC(=O)c1cccc(NC(=O)c2cccnc2)c1)NCc1ccncc1. The zero-order chi connectivity index (χ0) is 21.2. The average Bonchev–Trinajstić information content (AvgIpc) is 2.79. The van der Waals surface area contributed by atoms with Crippen LogP contribution < -0.4 is 16.0 Å². The number of hydrogen-bond acceptors (Lipinski definition) is 5. The number of hydrogen-bond donors (Lipinski definition) is 3. The first kappa shape index (κ1) is 20.7. The van der Waals surface area contributed by atoms with E-state index < -0.39 is 0 Å². The van der Waals surface area contributed by atoms with Gasteiger partial charge in [0.15, 0.2) is 0 Å². The molecule has 0 aliphatic carbocycles. The van der Waals surface area contributed by atoms with Gasteiger partial charge in [-0.25, -0.2) is 0 Å². The fraction of sp³-hybridized carbons (Fsp3) is 0.136. The number of carbonyl (C=O) groups is 3. The topological polar surface area (TPSA) is 113 Å². The standard InChI is InChI=1S/C22H21N5O3/c28-20(26-14-16-6-10-23-11-7-16)8-12-25-21(29)17-3-1-5-19(13-17)27-22(30)18-4-2-9-24-15-18/h1-7,9-11,13,15H,8,12,14H2,(H,25,29)(H,26,28)(H,27,30). The highest BCUT2D eigenvalue weighted by Crippen LogP contribution is 2.12. The Morgan fingerprint density at radius 1 is 0.800 bits per heavy atom. The lowest BCUT2D eigenvalue weighted by atomic mass is 10.1. The van der Waals surface area contributed by atoms with E-state index in [1.54, 1.807) is 55.0 Å². The Labute approximate surface area is 173 Å². The van der Waals surface area contributed by atoms with Gasteiger partial charge >= 0.3 is 0 Å². The molecule has 2 aromatic heterocycles. The summed E-state index contributed by atoms with van der Waals surface area (Å²) in [6, 6.07) is 13.5. The first-order valence-electron chi connectivity index (χ1n) is 9.37. The summed E-state index contributed by atoms with van der Waals surface area (Å²) in [6.07, 6.45) is 6.53. The second-order valence-electron chi connectivity index (χ2n) is 6.41. The van der Waals surface area contributed by atoms with E-state index in [0.29, 0.717) is 23.4 Å². The maximum atomic E-state index is 12.3. The molecule has 0 radical (unpaired) electrons. The number of aromatic nitrogens is 2. The molecule has 0 fully saturated rings. The third-order valence-corrected chi connectivity index (χ3v) is 4.18. The molecular weight excluding hydrogens is 382 g/mol. The molecule has 30 heavy (non-hydrogen) atoms. The summed E-state index contributed by atoms with van der Waals surface area (Å²) in [5.41, 5.74) is 2.25. The Hall–Kier alpha value is -4.07. The van der Waals surface area contributed by atoms with Gasteiger partial charge in [-0.1, -0.05) is 6.07 Å². The van der Waals surface area contributed by atoms with Crippen LogP contribution in [0, 0.1) is 0 Å². The molecule has 0 spiro atoms. The Kier molecular flexibility index (Phi) is 7.21. The molecule has 0 saturated carbocycles. The van der Waals surface area contributed by atoms with Crippen molar-refractivity contribution in [1.29, 1.82) is 0 Å². The summed E-state index contributed by atoms with van der Waals surface area (Å²) in [4.78, 5) is 44.3.